The molecule has 0 atom stereocenters. The Morgan fingerprint density at radius 3 is 2.70 bits per heavy atom. The highest BCUT2D eigenvalue weighted by Crippen LogP contribution is 2.22. The van der Waals surface area contributed by atoms with E-state index in [4.69, 9.17) is 0 Å². The number of guanidine groups is 1. The van der Waals surface area contributed by atoms with E-state index < -0.39 is 0 Å². The van der Waals surface area contributed by atoms with Crippen molar-refractivity contribution < 1.29 is 0 Å². The van der Waals surface area contributed by atoms with Crippen LogP contribution in [0.3, 0.4) is 0 Å². The van der Waals surface area contributed by atoms with Crippen molar-refractivity contribution in [2.45, 2.75) is 40.2 Å². The number of aromatic amines is 1. The molecule has 3 aromatic rings. The third kappa shape index (κ3) is 5.22. The molecule has 0 spiro atoms. The van der Waals surface area contributed by atoms with E-state index in [0.717, 1.165) is 42.6 Å². The van der Waals surface area contributed by atoms with Gasteiger partial charge in [-0.3, -0.25) is 4.99 Å². The third-order valence-corrected chi connectivity index (χ3v) is 5.67. The highest BCUT2D eigenvalue weighted by Gasteiger charge is 2.08. The largest absolute Gasteiger partial charge is 0.361 e. The zero-order valence-electron chi connectivity index (χ0n) is 16.3. The first-order chi connectivity index (χ1) is 12.6. The van der Waals surface area contributed by atoms with Gasteiger partial charge in [0.05, 0.1) is 17.2 Å². The SMILES string of the molecule is CCc1cccc2c(CCNC(=NC)NCc3sc(C)nc3C)c[nH]c12.I. The maximum atomic E-state index is 4.47. The predicted molar refractivity (Wildman–Crippen MR) is 127 cm³/mol. The number of fused-ring (bicyclic) bond motifs is 1. The number of aryl methyl sites for hydroxylation is 3. The van der Waals surface area contributed by atoms with Crippen LogP contribution in [0.2, 0.25) is 0 Å². The van der Waals surface area contributed by atoms with Crippen LogP contribution in [0.15, 0.2) is 29.4 Å². The van der Waals surface area contributed by atoms with Gasteiger partial charge in [-0.25, -0.2) is 4.98 Å². The summed E-state index contributed by atoms with van der Waals surface area (Å²) < 4.78 is 0. The van der Waals surface area contributed by atoms with Gasteiger partial charge in [0.25, 0.3) is 0 Å². The Morgan fingerprint density at radius 1 is 1.22 bits per heavy atom. The predicted octanol–water partition coefficient (Wildman–Crippen LogP) is 4.33. The van der Waals surface area contributed by atoms with Crippen LogP contribution < -0.4 is 10.6 Å². The minimum Gasteiger partial charge on any atom is -0.361 e. The van der Waals surface area contributed by atoms with Crippen LogP contribution >= 0.6 is 35.3 Å². The topological polar surface area (TPSA) is 65.1 Å². The fourth-order valence-corrected chi connectivity index (χ4v) is 4.09. The van der Waals surface area contributed by atoms with Crippen molar-refractivity contribution in [3.63, 3.8) is 0 Å². The van der Waals surface area contributed by atoms with Crippen molar-refractivity contribution in [2.24, 2.45) is 4.99 Å². The highest BCUT2D eigenvalue weighted by molar-refractivity contribution is 14.0. The standard InChI is InChI=1S/C20H27N5S.HI/c1-5-15-7-6-8-17-16(11-23-19(15)17)9-10-22-20(21-4)24-12-18-13(2)25-14(3)26-18;/h6-8,11,23H,5,9-10,12H2,1-4H3,(H2,21,22,24);1H. The maximum Gasteiger partial charge on any atom is 0.191 e. The fraction of sp³-hybridized carbons (Fsp3) is 0.400. The van der Waals surface area contributed by atoms with E-state index in [-0.39, 0.29) is 24.0 Å². The Bertz CT molecular complexity index is 912. The zero-order chi connectivity index (χ0) is 18.5. The first-order valence-corrected chi connectivity index (χ1v) is 9.89. The maximum absolute atomic E-state index is 4.47. The summed E-state index contributed by atoms with van der Waals surface area (Å²) in [6.07, 6.45) is 4.13. The molecule has 0 saturated heterocycles. The number of para-hydroxylation sites is 1. The number of benzene rings is 1. The summed E-state index contributed by atoms with van der Waals surface area (Å²) in [5.41, 5.74) is 5.08. The lowest BCUT2D eigenvalue weighted by molar-refractivity contribution is 0.798. The first kappa shape index (κ1) is 21.7. The number of rotatable bonds is 6. The van der Waals surface area contributed by atoms with Crippen LogP contribution in [0.4, 0.5) is 0 Å². The molecule has 2 aromatic heterocycles. The molecule has 0 fully saturated rings. The molecule has 0 aliphatic carbocycles. The van der Waals surface area contributed by atoms with Crippen molar-refractivity contribution in [3.8, 4) is 0 Å². The lowest BCUT2D eigenvalue weighted by Gasteiger charge is -2.11. The second kappa shape index (κ2) is 10.1. The van der Waals surface area contributed by atoms with E-state index >= 15 is 0 Å². The number of aromatic nitrogens is 2. The van der Waals surface area contributed by atoms with Crippen LogP contribution in [0, 0.1) is 13.8 Å². The summed E-state index contributed by atoms with van der Waals surface area (Å²) in [6.45, 7) is 7.88. The summed E-state index contributed by atoms with van der Waals surface area (Å²) in [6, 6.07) is 6.53. The van der Waals surface area contributed by atoms with E-state index in [2.05, 4.69) is 63.8 Å². The quantitative estimate of drug-likeness (QED) is 0.270. The van der Waals surface area contributed by atoms with Gasteiger partial charge >= 0.3 is 0 Å². The van der Waals surface area contributed by atoms with Crippen LogP contribution in [0.25, 0.3) is 10.9 Å². The average Bonchev–Trinajstić information content (AvgIpc) is 3.20. The van der Waals surface area contributed by atoms with Gasteiger partial charge in [0, 0.05) is 35.6 Å². The normalized spacial score (nSPS) is 11.5. The molecule has 27 heavy (non-hydrogen) atoms. The lowest BCUT2D eigenvalue weighted by atomic mass is 10.1. The number of aliphatic imine (C=N–C) groups is 1. The average molecular weight is 497 g/mol. The van der Waals surface area contributed by atoms with E-state index in [1.807, 2.05) is 6.92 Å². The van der Waals surface area contributed by atoms with Crippen molar-refractivity contribution >= 4 is 52.2 Å². The van der Waals surface area contributed by atoms with Gasteiger partial charge in [-0.2, -0.15) is 0 Å². The number of nitrogens with one attached hydrogen (secondary N) is 3. The van der Waals surface area contributed by atoms with Crippen molar-refractivity contribution in [2.75, 3.05) is 13.6 Å². The molecule has 0 aliphatic heterocycles. The summed E-state index contributed by atoms with van der Waals surface area (Å²) in [5.74, 6) is 0.824. The molecule has 0 unspecified atom stereocenters. The first-order valence-electron chi connectivity index (χ1n) is 9.07. The number of hydrogen-bond acceptors (Lipinski definition) is 3. The van der Waals surface area contributed by atoms with Gasteiger partial charge in [-0.15, -0.1) is 35.3 Å². The Labute approximate surface area is 182 Å². The van der Waals surface area contributed by atoms with E-state index in [9.17, 15) is 0 Å². The molecule has 0 bridgehead atoms. The number of thiazole rings is 1. The molecule has 2 heterocycles. The van der Waals surface area contributed by atoms with Gasteiger partial charge in [0.1, 0.15) is 0 Å². The summed E-state index contributed by atoms with van der Waals surface area (Å²) in [4.78, 5) is 13.5. The van der Waals surface area contributed by atoms with E-state index in [1.165, 1.54) is 26.9 Å². The number of nitrogens with zero attached hydrogens (tertiary/aromatic N) is 2. The molecule has 5 nitrogen and oxygen atoms in total. The molecule has 3 rings (SSSR count). The van der Waals surface area contributed by atoms with Crippen molar-refractivity contribution in [1.82, 2.24) is 20.6 Å². The van der Waals surface area contributed by atoms with Crippen LogP contribution in [-0.4, -0.2) is 29.5 Å². The summed E-state index contributed by atoms with van der Waals surface area (Å²) >= 11 is 1.73. The second-order valence-electron chi connectivity index (χ2n) is 6.35. The van der Waals surface area contributed by atoms with E-state index in [1.54, 1.807) is 18.4 Å². The minimum atomic E-state index is 0. The highest BCUT2D eigenvalue weighted by atomic mass is 127. The van der Waals surface area contributed by atoms with Crippen molar-refractivity contribution in [3.05, 3.63) is 51.1 Å². The molecule has 146 valence electrons. The lowest BCUT2D eigenvalue weighted by Crippen LogP contribution is -2.37. The van der Waals surface area contributed by atoms with Crippen LogP contribution in [0.5, 0.6) is 0 Å². The Morgan fingerprint density at radius 2 is 2.04 bits per heavy atom. The molecular weight excluding hydrogens is 469 g/mol. The van der Waals surface area contributed by atoms with Gasteiger partial charge in [0.15, 0.2) is 5.96 Å². The fourth-order valence-electron chi connectivity index (χ4n) is 3.21. The molecule has 0 amide bonds. The zero-order valence-corrected chi connectivity index (χ0v) is 19.5. The second-order valence-corrected chi connectivity index (χ2v) is 7.64. The molecule has 3 N–H and O–H groups in total. The molecule has 7 heteroatoms. The van der Waals surface area contributed by atoms with E-state index in [0.29, 0.717) is 0 Å². The minimum absolute atomic E-state index is 0. The molecule has 1 aromatic carbocycles. The molecule has 0 radical (unpaired) electrons. The molecular formula is C20H28IN5S. The van der Waals surface area contributed by atoms with Crippen LogP contribution in [-0.2, 0) is 19.4 Å². The summed E-state index contributed by atoms with van der Waals surface area (Å²) in [7, 11) is 1.80. The Balaban J connectivity index is 0.00000261. The third-order valence-electron chi connectivity index (χ3n) is 4.59. The van der Waals surface area contributed by atoms with Crippen molar-refractivity contribution in [1.29, 1.82) is 0 Å². The monoisotopic (exact) mass is 497 g/mol. The molecule has 0 saturated carbocycles. The van der Waals surface area contributed by atoms with Gasteiger partial charge in [-0.05, 0) is 37.8 Å². The number of H-pyrrole nitrogens is 1. The van der Waals surface area contributed by atoms with Gasteiger partial charge in [-0.1, -0.05) is 25.1 Å². The van der Waals surface area contributed by atoms with Gasteiger partial charge in [0.2, 0.25) is 0 Å². The van der Waals surface area contributed by atoms with Crippen LogP contribution in [0.1, 0.15) is 33.6 Å². The Kier molecular flexibility index (Phi) is 8.09. The Hall–Kier alpha value is -1.61. The number of hydrogen-bond donors (Lipinski definition) is 3. The number of halogens is 1. The van der Waals surface area contributed by atoms with Gasteiger partial charge < -0.3 is 15.6 Å². The molecule has 0 aliphatic rings. The summed E-state index contributed by atoms with van der Waals surface area (Å²) in [5, 5.41) is 9.21. The smallest absolute Gasteiger partial charge is 0.191 e.